The van der Waals surface area contributed by atoms with Gasteiger partial charge in [0.25, 0.3) is 5.91 Å². The Morgan fingerprint density at radius 1 is 1.12 bits per heavy atom. The van der Waals surface area contributed by atoms with E-state index in [1.807, 2.05) is 39.0 Å². The van der Waals surface area contributed by atoms with Crippen molar-refractivity contribution in [3.8, 4) is 5.69 Å². The Kier molecular flexibility index (Phi) is 5.27. The number of fused-ring (bicyclic) bond motifs is 2. The van der Waals surface area contributed by atoms with Gasteiger partial charge in [0.15, 0.2) is 10.2 Å². The topological polar surface area (TPSA) is 73.8 Å². The van der Waals surface area contributed by atoms with Crippen LogP contribution in [-0.2, 0) is 4.79 Å². The summed E-state index contributed by atoms with van der Waals surface area (Å²) >= 11 is 2.92. The molecular weight excluding hydrogens is 438 g/mol. The van der Waals surface area contributed by atoms with E-state index in [4.69, 9.17) is 5.41 Å². The zero-order chi connectivity index (χ0) is 22.4. The van der Waals surface area contributed by atoms with E-state index in [0.29, 0.717) is 5.17 Å². The Bertz CT molecular complexity index is 1380. The number of hydrogen-bond donors (Lipinski definition) is 1. The van der Waals surface area contributed by atoms with E-state index < -0.39 is 5.91 Å². The number of benzene rings is 2. The Morgan fingerprint density at radius 3 is 2.69 bits per heavy atom. The molecule has 32 heavy (non-hydrogen) atoms. The summed E-state index contributed by atoms with van der Waals surface area (Å²) in [6.45, 7) is 6.12. The van der Waals surface area contributed by atoms with E-state index >= 15 is 0 Å². The van der Waals surface area contributed by atoms with Crippen molar-refractivity contribution >= 4 is 61.7 Å². The molecule has 2 aliphatic heterocycles. The molecule has 0 atom stereocenters. The molecule has 0 bridgehead atoms. The molecule has 0 saturated carbocycles. The van der Waals surface area contributed by atoms with Crippen LogP contribution in [0.25, 0.3) is 22.5 Å². The predicted octanol–water partition coefficient (Wildman–Crippen LogP) is 5.58. The first-order valence-corrected chi connectivity index (χ1v) is 12.1. The van der Waals surface area contributed by atoms with E-state index in [0.717, 1.165) is 32.8 Å². The van der Waals surface area contributed by atoms with Gasteiger partial charge in [-0.1, -0.05) is 49.0 Å². The van der Waals surface area contributed by atoms with Crippen LogP contribution < -0.4 is 0 Å². The Labute approximate surface area is 194 Å². The largest absolute Gasteiger partial charge is 0.318 e. The van der Waals surface area contributed by atoms with Gasteiger partial charge in [0.1, 0.15) is 0 Å². The first kappa shape index (κ1) is 20.8. The first-order valence-electron chi connectivity index (χ1n) is 10.3. The number of amides is 1. The lowest BCUT2D eigenvalue weighted by Gasteiger charge is -2.20. The highest BCUT2D eigenvalue weighted by atomic mass is 32.2. The number of aliphatic imine (C=N–C) groups is 1. The van der Waals surface area contributed by atoms with Crippen molar-refractivity contribution in [1.29, 1.82) is 5.41 Å². The standard InChI is InChI=1S/C24H21N5OS2/c1-4-31-24-27-29-21(25)20(22(30)26-23(29)32-24)13-18-11-14(2)28(15(18)3)19-10-9-16-7-5-6-8-17(16)12-19/h5-13,25H,4H2,1-3H3/b20-13-,25-21?. The normalized spacial score (nSPS) is 17.2. The van der Waals surface area contributed by atoms with Crippen LogP contribution in [-0.4, -0.2) is 36.6 Å². The maximum absolute atomic E-state index is 12.7. The number of carbonyl (C=O) groups is 1. The second kappa shape index (κ2) is 8.11. The average molecular weight is 460 g/mol. The summed E-state index contributed by atoms with van der Waals surface area (Å²) in [5.41, 5.74) is 4.26. The molecule has 160 valence electrons. The van der Waals surface area contributed by atoms with Gasteiger partial charge in [-0.15, -0.1) is 5.10 Å². The summed E-state index contributed by atoms with van der Waals surface area (Å²) in [6.07, 6.45) is 1.76. The van der Waals surface area contributed by atoms with Crippen molar-refractivity contribution in [1.82, 2.24) is 9.58 Å². The van der Waals surface area contributed by atoms with Gasteiger partial charge in [0, 0.05) is 17.1 Å². The molecule has 6 nitrogen and oxygen atoms in total. The molecule has 0 aliphatic carbocycles. The van der Waals surface area contributed by atoms with Crippen LogP contribution in [0.2, 0.25) is 0 Å². The van der Waals surface area contributed by atoms with Crippen molar-refractivity contribution in [3.05, 3.63) is 71.1 Å². The number of thioether (sulfide) groups is 2. The van der Waals surface area contributed by atoms with Crippen LogP contribution in [0, 0.1) is 19.3 Å². The average Bonchev–Trinajstić information content (AvgIpc) is 3.30. The zero-order valence-corrected chi connectivity index (χ0v) is 19.5. The molecule has 0 radical (unpaired) electrons. The van der Waals surface area contributed by atoms with Crippen LogP contribution in [0.15, 0.2) is 64.2 Å². The third-order valence-corrected chi connectivity index (χ3v) is 7.39. The van der Waals surface area contributed by atoms with Gasteiger partial charge in [-0.3, -0.25) is 10.2 Å². The van der Waals surface area contributed by atoms with Crippen LogP contribution in [0.1, 0.15) is 23.9 Å². The number of aromatic nitrogens is 1. The second-order valence-electron chi connectivity index (χ2n) is 7.51. The quantitative estimate of drug-likeness (QED) is 0.519. The maximum Gasteiger partial charge on any atom is 0.283 e. The monoisotopic (exact) mass is 459 g/mol. The molecular formula is C24H21N5OS2. The first-order chi connectivity index (χ1) is 15.5. The molecule has 1 aromatic heterocycles. The molecule has 0 fully saturated rings. The van der Waals surface area contributed by atoms with Crippen molar-refractivity contribution < 1.29 is 4.79 Å². The van der Waals surface area contributed by atoms with Gasteiger partial charge < -0.3 is 4.57 Å². The van der Waals surface area contributed by atoms with Crippen molar-refractivity contribution in [3.63, 3.8) is 0 Å². The van der Waals surface area contributed by atoms with Gasteiger partial charge in [0.2, 0.25) is 5.17 Å². The Hall–Kier alpha value is -3.10. The number of carbonyl (C=O) groups excluding carboxylic acids is 1. The number of amidine groups is 2. The van der Waals surface area contributed by atoms with Gasteiger partial charge in [-0.2, -0.15) is 10.0 Å². The second-order valence-corrected chi connectivity index (χ2v) is 9.98. The van der Waals surface area contributed by atoms with Gasteiger partial charge in [0.05, 0.1) is 5.57 Å². The minimum Gasteiger partial charge on any atom is -0.318 e. The van der Waals surface area contributed by atoms with E-state index in [-0.39, 0.29) is 11.4 Å². The predicted molar refractivity (Wildman–Crippen MR) is 136 cm³/mol. The number of nitrogens with one attached hydrogen (secondary N) is 1. The summed E-state index contributed by atoms with van der Waals surface area (Å²) in [7, 11) is 0. The maximum atomic E-state index is 12.7. The molecule has 0 saturated heterocycles. The fourth-order valence-corrected chi connectivity index (χ4v) is 5.78. The molecule has 0 unspecified atom stereocenters. The van der Waals surface area contributed by atoms with E-state index in [2.05, 4.69) is 45.0 Å². The summed E-state index contributed by atoms with van der Waals surface area (Å²) in [4.78, 5) is 16.9. The summed E-state index contributed by atoms with van der Waals surface area (Å²) in [5.74, 6) is 0.537. The molecule has 2 aliphatic rings. The fourth-order valence-electron chi connectivity index (χ4n) is 3.96. The number of rotatable bonds is 3. The van der Waals surface area contributed by atoms with Gasteiger partial charge in [-0.25, -0.2) is 0 Å². The summed E-state index contributed by atoms with van der Waals surface area (Å²) < 4.78 is 2.98. The van der Waals surface area contributed by atoms with Gasteiger partial charge in [-0.05, 0) is 72.0 Å². The lowest BCUT2D eigenvalue weighted by atomic mass is 10.1. The molecule has 1 N–H and O–H groups in total. The molecule has 8 heteroatoms. The minimum atomic E-state index is -0.401. The zero-order valence-electron chi connectivity index (χ0n) is 17.9. The van der Waals surface area contributed by atoms with E-state index in [1.54, 1.807) is 17.8 Å². The highest BCUT2D eigenvalue weighted by Crippen LogP contribution is 2.33. The lowest BCUT2D eigenvalue weighted by molar-refractivity contribution is -0.114. The summed E-state index contributed by atoms with van der Waals surface area (Å²) in [5, 5.41) is 17.3. The number of nitrogens with zero attached hydrogens (tertiary/aromatic N) is 4. The smallest absolute Gasteiger partial charge is 0.283 e. The third kappa shape index (κ3) is 3.49. The molecule has 3 aromatic rings. The van der Waals surface area contributed by atoms with Crippen molar-refractivity contribution in [2.24, 2.45) is 10.1 Å². The van der Waals surface area contributed by atoms with Crippen molar-refractivity contribution in [2.75, 3.05) is 5.75 Å². The van der Waals surface area contributed by atoms with Crippen LogP contribution >= 0.6 is 23.5 Å². The fraction of sp³-hybridized carbons (Fsp3) is 0.167. The van der Waals surface area contributed by atoms with Crippen LogP contribution in [0.5, 0.6) is 0 Å². The van der Waals surface area contributed by atoms with Crippen LogP contribution in [0.3, 0.4) is 0 Å². The molecule has 0 spiro atoms. The van der Waals surface area contributed by atoms with Crippen molar-refractivity contribution in [2.45, 2.75) is 20.8 Å². The highest BCUT2D eigenvalue weighted by molar-refractivity contribution is 8.45. The Balaban J connectivity index is 1.54. The Morgan fingerprint density at radius 2 is 1.91 bits per heavy atom. The third-order valence-electron chi connectivity index (χ3n) is 5.47. The molecule has 2 aromatic carbocycles. The van der Waals surface area contributed by atoms with Crippen LogP contribution in [0.4, 0.5) is 0 Å². The van der Waals surface area contributed by atoms with Gasteiger partial charge >= 0.3 is 0 Å². The lowest BCUT2D eigenvalue weighted by Crippen LogP contribution is -2.35. The van der Waals surface area contributed by atoms with E-state index in [1.165, 1.54) is 27.5 Å². The number of hydrogen-bond acceptors (Lipinski definition) is 5. The highest BCUT2D eigenvalue weighted by Gasteiger charge is 2.35. The molecule has 1 amide bonds. The molecule has 5 rings (SSSR count). The number of hydrazone groups is 1. The number of aryl methyl sites for hydroxylation is 1. The molecule has 3 heterocycles. The summed E-state index contributed by atoms with van der Waals surface area (Å²) in [6, 6.07) is 16.7. The van der Waals surface area contributed by atoms with E-state index in [9.17, 15) is 4.79 Å². The minimum absolute atomic E-state index is 0.0645. The SMILES string of the molecule is CCSC1=NN2C(=N)/C(=C/c3cc(C)n(-c4ccc5ccccc5c4)c3C)C(=O)N=C2S1.